The first-order chi connectivity index (χ1) is 11.0. The summed E-state index contributed by atoms with van der Waals surface area (Å²) in [7, 11) is 0. The zero-order valence-corrected chi connectivity index (χ0v) is 15.8. The molecule has 4 aliphatic rings. The molecular weight excluding hydrogens is 424 g/mol. The van der Waals surface area contributed by atoms with E-state index in [1.807, 2.05) is 0 Å². The molecule has 0 N–H and O–H groups in total. The predicted molar refractivity (Wildman–Crippen MR) is 93.2 cm³/mol. The van der Waals surface area contributed by atoms with Crippen LogP contribution in [-0.4, -0.2) is 10.4 Å². The molecule has 0 aliphatic heterocycles. The Morgan fingerprint density at radius 1 is 1.13 bits per heavy atom. The van der Waals surface area contributed by atoms with Gasteiger partial charge in [0.1, 0.15) is 10.0 Å². The Morgan fingerprint density at radius 2 is 1.70 bits per heavy atom. The molecule has 4 aliphatic carbocycles. The number of benzene rings is 1. The fourth-order valence-corrected chi connectivity index (χ4v) is 6.51. The van der Waals surface area contributed by atoms with Crippen molar-refractivity contribution in [2.75, 3.05) is 0 Å². The van der Waals surface area contributed by atoms with Crippen molar-refractivity contribution in [3.63, 3.8) is 0 Å². The van der Waals surface area contributed by atoms with Gasteiger partial charge in [0.15, 0.2) is 4.98 Å². The average molecular weight is 441 g/mol. The minimum absolute atomic E-state index is 0.210. The predicted octanol–water partition coefficient (Wildman–Crippen LogP) is 6.26. The van der Waals surface area contributed by atoms with Crippen molar-refractivity contribution in [1.82, 2.24) is 0 Å². The van der Waals surface area contributed by atoms with Gasteiger partial charge in [-0.25, -0.2) is 0 Å². The topological polar surface area (TPSA) is 66.6 Å². The molecule has 0 spiro atoms. The van der Waals surface area contributed by atoms with Crippen molar-refractivity contribution >= 4 is 43.2 Å². The van der Waals surface area contributed by atoms with Crippen molar-refractivity contribution in [2.24, 2.45) is 22.9 Å². The minimum atomic E-state index is -0.210. The Bertz CT molecular complexity index is 705. The molecule has 23 heavy (non-hydrogen) atoms. The summed E-state index contributed by atoms with van der Waals surface area (Å²) < 4.78 is 1.30. The minimum Gasteiger partial charge on any atom is -0.594 e. The molecule has 4 saturated carbocycles. The van der Waals surface area contributed by atoms with Crippen LogP contribution in [0.25, 0.3) is 4.98 Å². The second kappa shape index (κ2) is 5.52. The molecular formula is C16H17Br2N4O+. The Morgan fingerprint density at radius 3 is 2.22 bits per heavy atom. The van der Waals surface area contributed by atoms with E-state index in [2.05, 4.69) is 42.0 Å². The molecule has 0 aromatic heterocycles. The lowest BCUT2D eigenvalue weighted by Gasteiger charge is -2.53. The highest BCUT2D eigenvalue weighted by atomic mass is 79.9. The summed E-state index contributed by atoms with van der Waals surface area (Å²) in [6.07, 6.45) is 7.02. The molecule has 1 aromatic carbocycles. The SMILES string of the molecule is N#[N+]c1c(Br)cc(Br)cc1[N+]([O-])=NC12CC3CC(CC(C3)C1)C2. The van der Waals surface area contributed by atoms with Crippen LogP contribution in [0.2, 0.25) is 0 Å². The van der Waals surface area contributed by atoms with Gasteiger partial charge in [-0.3, -0.25) is 0 Å². The van der Waals surface area contributed by atoms with Crippen LogP contribution in [-0.2, 0) is 0 Å². The Hall–Kier alpha value is -1.00. The lowest BCUT2D eigenvalue weighted by atomic mass is 9.53. The molecule has 5 nitrogen and oxygen atoms in total. The van der Waals surface area contributed by atoms with Crippen LogP contribution in [0, 0.1) is 28.4 Å². The van der Waals surface area contributed by atoms with Crippen LogP contribution in [0.4, 0.5) is 11.4 Å². The van der Waals surface area contributed by atoms with E-state index in [1.165, 1.54) is 19.3 Å². The molecule has 4 fully saturated rings. The molecule has 120 valence electrons. The molecule has 0 heterocycles. The first-order valence-electron chi connectivity index (χ1n) is 8.02. The number of azo groups is 1. The van der Waals surface area contributed by atoms with E-state index in [-0.39, 0.29) is 16.9 Å². The van der Waals surface area contributed by atoms with Crippen molar-refractivity contribution in [1.29, 1.82) is 5.39 Å². The van der Waals surface area contributed by atoms with Gasteiger partial charge in [-0.2, -0.15) is 0 Å². The van der Waals surface area contributed by atoms with E-state index < -0.39 is 0 Å². The lowest BCUT2D eigenvalue weighted by Crippen LogP contribution is -2.49. The fraction of sp³-hybridized carbons (Fsp3) is 0.625. The third kappa shape index (κ3) is 2.70. The van der Waals surface area contributed by atoms with E-state index in [1.54, 1.807) is 12.1 Å². The normalized spacial score (nSPS) is 35.3. The standard InChI is InChI=1S/C16H17Br2N4O/c17-12-4-13(18)15(20-19)14(5-12)22(23)21-16-6-9-1-10(7-16)3-11(2-9)8-16/h4-5,9-11H,1-3,6-8H2/q+1. The van der Waals surface area contributed by atoms with Crippen molar-refractivity contribution in [3.8, 4) is 0 Å². The molecule has 0 unspecified atom stereocenters. The highest BCUT2D eigenvalue weighted by molar-refractivity contribution is 9.11. The smallest absolute Gasteiger partial charge is 0.472 e. The summed E-state index contributed by atoms with van der Waals surface area (Å²) in [6, 6.07) is 3.40. The van der Waals surface area contributed by atoms with E-state index >= 15 is 0 Å². The van der Waals surface area contributed by atoms with Crippen LogP contribution < -0.4 is 0 Å². The zero-order valence-electron chi connectivity index (χ0n) is 12.6. The third-order valence-corrected chi connectivity index (χ3v) is 6.69. The van der Waals surface area contributed by atoms with Crippen LogP contribution >= 0.6 is 31.9 Å². The quantitative estimate of drug-likeness (QED) is 0.235. The van der Waals surface area contributed by atoms with Crippen LogP contribution in [0.15, 0.2) is 26.2 Å². The molecule has 4 bridgehead atoms. The van der Waals surface area contributed by atoms with E-state index in [0.29, 0.717) is 9.33 Å². The lowest BCUT2D eigenvalue weighted by molar-refractivity contribution is -0.453. The maximum atomic E-state index is 12.8. The van der Waals surface area contributed by atoms with Gasteiger partial charge in [-0.15, -0.1) is 0 Å². The molecule has 7 heteroatoms. The molecule has 5 rings (SSSR count). The van der Waals surface area contributed by atoms with Crippen molar-refractivity contribution in [3.05, 3.63) is 31.3 Å². The van der Waals surface area contributed by atoms with Gasteiger partial charge in [0.2, 0.25) is 5.39 Å². The highest BCUT2D eigenvalue weighted by Gasteiger charge is 2.53. The van der Waals surface area contributed by atoms with Crippen molar-refractivity contribution < 1.29 is 4.86 Å². The summed E-state index contributed by atoms with van der Waals surface area (Å²) in [6.45, 7) is 0. The highest BCUT2D eigenvalue weighted by Crippen LogP contribution is 2.57. The number of nitrogens with zero attached hydrogens (tertiary/aromatic N) is 4. The van der Waals surface area contributed by atoms with E-state index in [9.17, 15) is 10.6 Å². The van der Waals surface area contributed by atoms with Gasteiger partial charge in [0.05, 0.1) is 0 Å². The monoisotopic (exact) mass is 439 g/mol. The summed E-state index contributed by atoms with van der Waals surface area (Å²) in [5, 5.41) is 26.6. The van der Waals surface area contributed by atoms with E-state index in [4.69, 9.17) is 0 Å². The second-order valence-electron chi connectivity index (χ2n) is 7.37. The first kappa shape index (κ1) is 15.5. The molecule has 0 radical (unpaired) electrons. The number of diazo groups is 1. The van der Waals surface area contributed by atoms with Gasteiger partial charge < -0.3 is 5.21 Å². The third-order valence-electron chi connectivity index (χ3n) is 5.62. The van der Waals surface area contributed by atoms with Crippen LogP contribution in [0.3, 0.4) is 0 Å². The summed E-state index contributed by atoms with van der Waals surface area (Å²) >= 11 is 6.71. The first-order valence-corrected chi connectivity index (χ1v) is 9.61. The zero-order chi connectivity index (χ0) is 16.2. The van der Waals surface area contributed by atoms with Gasteiger partial charge in [0.25, 0.3) is 0 Å². The second-order valence-corrected chi connectivity index (χ2v) is 9.14. The van der Waals surface area contributed by atoms with E-state index in [0.717, 1.165) is 41.5 Å². The van der Waals surface area contributed by atoms with Gasteiger partial charge in [0, 0.05) is 10.5 Å². The van der Waals surface area contributed by atoms with Gasteiger partial charge in [-0.1, -0.05) is 15.9 Å². The Kier molecular flexibility index (Phi) is 3.73. The fourth-order valence-electron chi connectivity index (χ4n) is 5.23. The number of hydrogen-bond donors (Lipinski definition) is 0. The molecule has 0 amide bonds. The number of hydrogen-bond acceptors (Lipinski definition) is 3. The average Bonchev–Trinajstić information content (AvgIpc) is 2.44. The molecule has 1 aromatic rings. The summed E-state index contributed by atoms with van der Waals surface area (Å²) in [5.41, 5.74) is 0.277. The maximum absolute atomic E-state index is 12.8. The largest absolute Gasteiger partial charge is 0.594 e. The number of rotatable bonds is 2. The van der Waals surface area contributed by atoms with Gasteiger partial charge >= 0.3 is 11.4 Å². The molecule has 0 atom stereocenters. The van der Waals surface area contributed by atoms with Crippen LogP contribution in [0.1, 0.15) is 38.5 Å². The molecule has 0 saturated heterocycles. The Labute approximate surface area is 151 Å². The summed E-state index contributed by atoms with van der Waals surface area (Å²) in [5.74, 6) is 2.19. The maximum Gasteiger partial charge on any atom is 0.472 e. The van der Waals surface area contributed by atoms with Crippen LogP contribution in [0.5, 0.6) is 0 Å². The Balaban J connectivity index is 1.74. The summed E-state index contributed by atoms with van der Waals surface area (Å²) in [4.78, 5) is 3.94. The van der Waals surface area contributed by atoms with Gasteiger partial charge in [-0.05, 0) is 88.2 Å². The number of halogens is 2. The van der Waals surface area contributed by atoms with Crippen molar-refractivity contribution in [2.45, 2.75) is 44.1 Å².